The molecule has 0 saturated heterocycles. The fraction of sp³-hybridized carbons (Fsp3) is 0.294. The van der Waals surface area contributed by atoms with Gasteiger partial charge in [-0.2, -0.15) is 5.10 Å². The van der Waals surface area contributed by atoms with E-state index in [2.05, 4.69) is 54.0 Å². The van der Waals surface area contributed by atoms with Crippen LogP contribution in [0, 0.1) is 6.92 Å². The number of hydrogen-bond donors (Lipinski definition) is 1. The van der Waals surface area contributed by atoms with Gasteiger partial charge in [0.1, 0.15) is 0 Å². The number of H-pyrrole nitrogens is 1. The van der Waals surface area contributed by atoms with Gasteiger partial charge in [-0.05, 0) is 42.2 Å². The van der Waals surface area contributed by atoms with Crippen LogP contribution in [0.4, 0.5) is 0 Å². The van der Waals surface area contributed by atoms with Gasteiger partial charge in [0.05, 0.1) is 17.7 Å². The molecular weight excluding hydrogens is 260 g/mol. The van der Waals surface area contributed by atoms with E-state index < -0.39 is 0 Å². The van der Waals surface area contributed by atoms with Crippen molar-refractivity contribution < 1.29 is 0 Å². The van der Waals surface area contributed by atoms with E-state index in [4.69, 9.17) is 0 Å². The number of aromatic amines is 1. The largest absolute Gasteiger partial charge is 0.348 e. The average Bonchev–Trinajstić information content (AvgIpc) is 3.08. The minimum atomic E-state index is 0.0716. The maximum Gasteiger partial charge on any atom is 0.0929 e. The standard InChI is InChI=1S/C17H20N4/c1-12-16(19-11-18-12)13-8-14(17(2,3)4)10-15(9-13)21-7-5-6-20-21/h5-11H,1-4H3,(H,18,19). The van der Waals surface area contributed by atoms with Gasteiger partial charge >= 0.3 is 0 Å². The van der Waals surface area contributed by atoms with Crippen LogP contribution < -0.4 is 0 Å². The Hall–Kier alpha value is -2.36. The van der Waals surface area contributed by atoms with Gasteiger partial charge in [-0.1, -0.05) is 20.8 Å². The molecule has 2 aromatic heterocycles. The van der Waals surface area contributed by atoms with Crippen molar-refractivity contribution in [2.24, 2.45) is 0 Å². The number of nitrogens with zero attached hydrogens (tertiary/aromatic N) is 3. The molecule has 0 fully saturated rings. The van der Waals surface area contributed by atoms with Gasteiger partial charge in [-0.25, -0.2) is 9.67 Å². The molecule has 0 atom stereocenters. The second-order valence-electron chi connectivity index (χ2n) is 6.35. The first-order chi connectivity index (χ1) is 9.95. The molecule has 0 saturated carbocycles. The Morgan fingerprint density at radius 3 is 2.52 bits per heavy atom. The summed E-state index contributed by atoms with van der Waals surface area (Å²) in [5, 5.41) is 4.34. The smallest absolute Gasteiger partial charge is 0.0929 e. The van der Waals surface area contributed by atoms with Crippen molar-refractivity contribution in [1.82, 2.24) is 19.7 Å². The van der Waals surface area contributed by atoms with E-state index in [0.717, 1.165) is 22.6 Å². The molecule has 0 spiro atoms. The number of hydrogen-bond acceptors (Lipinski definition) is 2. The van der Waals surface area contributed by atoms with Crippen LogP contribution >= 0.6 is 0 Å². The van der Waals surface area contributed by atoms with E-state index in [1.54, 1.807) is 12.5 Å². The van der Waals surface area contributed by atoms with Crippen molar-refractivity contribution in [3.8, 4) is 16.9 Å². The zero-order valence-corrected chi connectivity index (χ0v) is 12.9. The Balaban J connectivity index is 2.21. The van der Waals surface area contributed by atoms with Gasteiger partial charge in [-0.3, -0.25) is 0 Å². The Labute approximate surface area is 124 Å². The average molecular weight is 280 g/mol. The summed E-state index contributed by atoms with van der Waals surface area (Å²) in [6.45, 7) is 8.70. The zero-order valence-electron chi connectivity index (χ0n) is 12.9. The van der Waals surface area contributed by atoms with Crippen LogP contribution in [0.1, 0.15) is 32.0 Å². The quantitative estimate of drug-likeness (QED) is 0.774. The summed E-state index contributed by atoms with van der Waals surface area (Å²) in [7, 11) is 0. The fourth-order valence-electron chi connectivity index (χ4n) is 2.38. The summed E-state index contributed by atoms with van der Waals surface area (Å²) in [6.07, 6.45) is 5.49. The molecule has 0 radical (unpaired) electrons. The molecule has 0 aliphatic carbocycles. The number of aromatic nitrogens is 4. The predicted molar refractivity (Wildman–Crippen MR) is 84.6 cm³/mol. The molecule has 3 aromatic rings. The summed E-state index contributed by atoms with van der Waals surface area (Å²) in [5.41, 5.74) is 5.59. The highest BCUT2D eigenvalue weighted by molar-refractivity contribution is 5.66. The molecule has 4 nitrogen and oxygen atoms in total. The number of benzene rings is 1. The normalized spacial score (nSPS) is 11.8. The van der Waals surface area contributed by atoms with Crippen molar-refractivity contribution >= 4 is 0 Å². The summed E-state index contributed by atoms with van der Waals surface area (Å²) in [6, 6.07) is 8.48. The highest BCUT2D eigenvalue weighted by atomic mass is 15.3. The molecule has 1 aromatic carbocycles. The molecule has 3 rings (SSSR count). The van der Waals surface area contributed by atoms with E-state index in [0.29, 0.717) is 0 Å². The highest BCUT2D eigenvalue weighted by Crippen LogP contribution is 2.30. The predicted octanol–water partition coefficient (Wildman–Crippen LogP) is 3.87. The van der Waals surface area contributed by atoms with Crippen LogP contribution in [0.3, 0.4) is 0 Å². The van der Waals surface area contributed by atoms with Gasteiger partial charge in [0, 0.05) is 23.7 Å². The number of nitrogens with one attached hydrogen (secondary N) is 1. The molecule has 2 heterocycles. The lowest BCUT2D eigenvalue weighted by molar-refractivity contribution is 0.589. The first-order valence-corrected chi connectivity index (χ1v) is 7.11. The van der Waals surface area contributed by atoms with Crippen molar-refractivity contribution in [3.05, 3.63) is 54.2 Å². The highest BCUT2D eigenvalue weighted by Gasteiger charge is 2.17. The number of aryl methyl sites for hydroxylation is 1. The SMILES string of the molecule is Cc1[nH]cnc1-c1cc(-n2cccn2)cc(C(C)(C)C)c1. The van der Waals surface area contributed by atoms with Gasteiger partial charge in [0.25, 0.3) is 0 Å². The number of rotatable bonds is 2. The topological polar surface area (TPSA) is 46.5 Å². The number of imidazole rings is 1. The lowest BCUT2D eigenvalue weighted by Gasteiger charge is -2.21. The molecular formula is C17H20N4. The van der Waals surface area contributed by atoms with Gasteiger partial charge in [0.2, 0.25) is 0 Å². The summed E-state index contributed by atoms with van der Waals surface area (Å²) in [4.78, 5) is 7.59. The third-order valence-electron chi connectivity index (χ3n) is 3.66. The minimum Gasteiger partial charge on any atom is -0.348 e. The molecule has 0 aliphatic heterocycles. The van der Waals surface area contributed by atoms with E-state index >= 15 is 0 Å². The molecule has 0 amide bonds. The summed E-state index contributed by atoms with van der Waals surface area (Å²) in [5.74, 6) is 0. The van der Waals surface area contributed by atoms with Crippen LogP contribution in [0.5, 0.6) is 0 Å². The van der Waals surface area contributed by atoms with Gasteiger partial charge in [-0.15, -0.1) is 0 Å². The second-order valence-corrected chi connectivity index (χ2v) is 6.35. The molecule has 4 heteroatoms. The maximum atomic E-state index is 4.45. The zero-order chi connectivity index (χ0) is 15.0. The van der Waals surface area contributed by atoms with E-state index in [1.165, 1.54) is 5.56 Å². The second kappa shape index (κ2) is 4.88. The van der Waals surface area contributed by atoms with Crippen LogP contribution in [0.2, 0.25) is 0 Å². The molecule has 21 heavy (non-hydrogen) atoms. The van der Waals surface area contributed by atoms with Crippen molar-refractivity contribution in [3.63, 3.8) is 0 Å². The maximum absolute atomic E-state index is 4.45. The monoisotopic (exact) mass is 280 g/mol. The molecule has 1 N–H and O–H groups in total. The van der Waals surface area contributed by atoms with Crippen LogP contribution in [0.25, 0.3) is 16.9 Å². The van der Waals surface area contributed by atoms with Gasteiger partial charge < -0.3 is 4.98 Å². The lowest BCUT2D eigenvalue weighted by atomic mass is 9.85. The molecule has 0 bridgehead atoms. The van der Waals surface area contributed by atoms with Crippen molar-refractivity contribution in [2.45, 2.75) is 33.1 Å². The van der Waals surface area contributed by atoms with E-state index in [9.17, 15) is 0 Å². The first-order valence-electron chi connectivity index (χ1n) is 7.11. The van der Waals surface area contributed by atoms with Crippen LogP contribution in [-0.4, -0.2) is 19.7 Å². The lowest BCUT2D eigenvalue weighted by Crippen LogP contribution is -2.12. The summed E-state index contributed by atoms with van der Waals surface area (Å²) >= 11 is 0. The van der Waals surface area contributed by atoms with Crippen LogP contribution in [0.15, 0.2) is 43.0 Å². The van der Waals surface area contributed by atoms with E-state index in [-0.39, 0.29) is 5.41 Å². The van der Waals surface area contributed by atoms with Gasteiger partial charge in [0.15, 0.2) is 0 Å². The third-order valence-corrected chi connectivity index (χ3v) is 3.66. The Morgan fingerprint density at radius 1 is 1.14 bits per heavy atom. The Morgan fingerprint density at radius 2 is 1.95 bits per heavy atom. The van der Waals surface area contributed by atoms with Crippen LogP contribution in [-0.2, 0) is 5.41 Å². The third kappa shape index (κ3) is 2.61. The first kappa shape index (κ1) is 13.6. The fourth-order valence-corrected chi connectivity index (χ4v) is 2.38. The van der Waals surface area contributed by atoms with Crippen molar-refractivity contribution in [1.29, 1.82) is 0 Å². The van der Waals surface area contributed by atoms with E-state index in [1.807, 2.05) is 23.9 Å². The Kier molecular flexibility index (Phi) is 3.16. The molecule has 108 valence electrons. The Bertz CT molecular complexity index is 745. The molecule has 0 unspecified atom stereocenters. The summed E-state index contributed by atoms with van der Waals surface area (Å²) < 4.78 is 1.89. The van der Waals surface area contributed by atoms with Crippen molar-refractivity contribution in [2.75, 3.05) is 0 Å². The minimum absolute atomic E-state index is 0.0716. The molecule has 0 aliphatic rings.